The van der Waals surface area contributed by atoms with Crippen LogP contribution >= 0.6 is 12.4 Å². The molecular formula is C7H12ClNO2. The van der Waals surface area contributed by atoms with Crippen molar-refractivity contribution in [2.45, 2.75) is 24.8 Å². The van der Waals surface area contributed by atoms with E-state index in [0.717, 1.165) is 32.4 Å². The molecule has 0 bridgehead atoms. The van der Waals surface area contributed by atoms with Crippen LogP contribution in [0.2, 0.25) is 0 Å². The van der Waals surface area contributed by atoms with Crippen LogP contribution in [-0.4, -0.2) is 34.6 Å². The Morgan fingerprint density at radius 2 is 2.09 bits per heavy atom. The van der Waals surface area contributed by atoms with E-state index in [9.17, 15) is 4.79 Å². The molecule has 3 nitrogen and oxygen atoms in total. The van der Waals surface area contributed by atoms with Gasteiger partial charge >= 0.3 is 5.97 Å². The number of hydrogen-bond donors (Lipinski definition) is 1. The molecule has 2 aliphatic rings. The van der Waals surface area contributed by atoms with Crippen LogP contribution in [0.3, 0.4) is 0 Å². The van der Waals surface area contributed by atoms with Gasteiger partial charge in [-0.05, 0) is 25.8 Å². The van der Waals surface area contributed by atoms with E-state index in [1.54, 1.807) is 0 Å². The molecule has 2 aliphatic heterocycles. The van der Waals surface area contributed by atoms with E-state index in [1.165, 1.54) is 0 Å². The monoisotopic (exact) mass is 177 g/mol. The lowest BCUT2D eigenvalue weighted by molar-refractivity contribution is -0.157. The number of fused-ring (bicyclic) bond motifs is 1. The molecule has 0 aromatic rings. The third-order valence-electron chi connectivity index (χ3n) is 2.82. The van der Waals surface area contributed by atoms with Crippen LogP contribution in [0, 0.1) is 0 Å². The van der Waals surface area contributed by atoms with Crippen molar-refractivity contribution < 1.29 is 9.90 Å². The van der Waals surface area contributed by atoms with Crippen molar-refractivity contribution in [3.05, 3.63) is 0 Å². The number of hydrogen-bond acceptors (Lipinski definition) is 2. The van der Waals surface area contributed by atoms with Crippen LogP contribution in [0.5, 0.6) is 0 Å². The summed E-state index contributed by atoms with van der Waals surface area (Å²) in [7, 11) is 0. The smallest absolute Gasteiger partial charge is 0.324 e. The Morgan fingerprint density at radius 1 is 1.36 bits per heavy atom. The van der Waals surface area contributed by atoms with Gasteiger partial charge in [-0.2, -0.15) is 0 Å². The summed E-state index contributed by atoms with van der Waals surface area (Å²) < 4.78 is 0. The van der Waals surface area contributed by atoms with E-state index >= 15 is 0 Å². The van der Waals surface area contributed by atoms with E-state index in [2.05, 4.69) is 4.90 Å². The highest BCUT2D eigenvalue weighted by atomic mass is 35.5. The Morgan fingerprint density at radius 3 is 2.36 bits per heavy atom. The maximum atomic E-state index is 10.7. The van der Waals surface area contributed by atoms with Gasteiger partial charge in [0.25, 0.3) is 0 Å². The number of aliphatic carboxylic acids is 1. The van der Waals surface area contributed by atoms with Gasteiger partial charge in [0.05, 0.1) is 0 Å². The Hall–Kier alpha value is -0.280. The second-order valence-corrected chi connectivity index (χ2v) is 3.18. The summed E-state index contributed by atoms with van der Waals surface area (Å²) in [6.07, 6.45) is 2.79. The molecule has 2 heterocycles. The van der Waals surface area contributed by atoms with Crippen LogP contribution in [0.25, 0.3) is 0 Å². The molecule has 1 unspecified atom stereocenters. The van der Waals surface area contributed by atoms with Crippen LogP contribution in [-0.2, 0) is 4.79 Å². The molecule has 1 N–H and O–H groups in total. The Labute approximate surface area is 71.8 Å². The minimum absolute atomic E-state index is 0. The number of carboxylic acid groups (broad SMARTS) is 1. The number of rotatable bonds is 1. The zero-order valence-electron chi connectivity index (χ0n) is 6.25. The summed E-state index contributed by atoms with van der Waals surface area (Å²) in [5, 5.41) is 8.85. The van der Waals surface area contributed by atoms with Crippen molar-refractivity contribution in [1.29, 1.82) is 0 Å². The van der Waals surface area contributed by atoms with Crippen LogP contribution in [0.4, 0.5) is 0 Å². The quantitative estimate of drug-likeness (QED) is 0.642. The zero-order chi connectivity index (χ0) is 7.19. The summed E-state index contributed by atoms with van der Waals surface area (Å²) in [4.78, 5) is 12.8. The fourth-order valence-electron chi connectivity index (χ4n) is 2.06. The van der Waals surface area contributed by atoms with Crippen LogP contribution in [0.1, 0.15) is 19.3 Å². The molecule has 64 valence electrons. The van der Waals surface area contributed by atoms with Gasteiger partial charge in [0.2, 0.25) is 0 Å². The average molecular weight is 178 g/mol. The van der Waals surface area contributed by atoms with Gasteiger partial charge < -0.3 is 5.11 Å². The highest BCUT2D eigenvalue weighted by Crippen LogP contribution is 2.40. The highest BCUT2D eigenvalue weighted by molar-refractivity contribution is 5.85. The summed E-state index contributed by atoms with van der Waals surface area (Å²) in [6.45, 7) is 1.98. The molecule has 0 spiro atoms. The largest absolute Gasteiger partial charge is 0.480 e. The van der Waals surface area contributed by atoms with Crippen molar-refractivity contribution in [2.75, 3.05) is 13.1 Å². The van der Waals surface area contributed by atoms with Gasteiger partial charge in [0, 0.05) is 6.54 Å². The predicted molar refractivity (Wildman–Crippen MR) is 43.0 cm³/mol. The predicted octanol–water partition coefficient (Wildman–Crippen LogP) is 0.731. The molecule has 0 aromatic carbocycles. The molecule has 0 radical (unpaired) electrons. The van der Waals surface area contributed by atoms with Gasteiger partial charge in [-0.15, -0.1) is 12.4 Å². The summed E-state index contributed by atoms with van der Waals surface area (Å²) in [5.74, 6) is -0.615. The third-order valence-corrected chi connectivity index (χ3v) is 2.82. The van der Waals surface area contributed by atoms with Gasteiger partial charge in [-0.25, -0.2) is 0 Å². The first-order chi connectivity index (χ1) is 4.76. The number of carboxylic acids is 1. The number of nitrogens with zero attached hydrogens (tertiary/aromatic N) is 1. The molecule has 1 atom stereocenters. The SMILES string of the molecule is Cl.O=C(O)C12CCCN1CC2. The van der Waals surface area contributed by atoms with E-state index in [1.807, 2.05) is 0 Å². The van der Waals surface area contributed by atoms with Gasteiger partial charge in [-0.3, -0.25) is 9.69 Å². The summed E-state index contributed by atoms with van der Waals surface area (Å²) in [5.41, 5.74) is -0.417. The molecule has 2 saturated heterocycles. The molecule has 4 heteroatoms. The molecule has 2 rings (SSSR count). The van der Waals surface area contributed by atoms with E-state index in [0.29, 0.717) is 0 Å². The minimum atomic E-state index is -0.615. The van der Waals surface area contributed by atoms with E-state index in [-0.39, 0.29) is 12.4 Å². The fourth-order valence-corrected chi connectivity index (χ4v) is 2.06. The maximum absolute atomic E-state index is 10.7. The van der Waals surface area contributed by atoms with Gasteiger partial charge in [0.15, 0.2) is 0 Å². The lowest BCUT2D eigenvalue weighted by Gasteiger charge is -2.44. The average Bonchev–Trinajstić information content (AvgIpc) is 2.09. The second-order valence-electron chi connectivity index (χ2n) is 3.18. The molecule has 2 fully saturated rings. The normalized spacial score (nSPS) is 35.3. The van der Waals surface area contributed by atoms with Crippen LogP contribution < -0.4 is 0 Å². The molecule has 0 saturated carbocycles. The van der Waals surface area contributed by atoms with Crippen molar-refractivity contribution in [1.82, 2.24) is 4.90 Å². The molecule has 11 heavy (non-hydrogen) atoms. The fraction of sp³-hybridized carbons (Fsp3) is 0.857. The zero-order valence-corrected chi connectivity index (χ0v) is 7.06. The third kappa shape index (κ3) is 0.948. The Balaban J connectivity index is 0.000000605. The molecule has 0 amide bonds. The Bertz CT molecular complexity index is 185. The van der Waals surface area contributed by atoms with Crippen molar-refractivity contribution >= 4 is 18.4 Å². The molecule has 0 aliphatic carbocycles. The second kappa shape index (κ2) is 2.64. The van der Waals surface area contributed by atoms with E-state index < -0.39 is 11.5 Å². The maximum Gasteiger partial charge on any atom is 0.324 e. The summed E-state index contributed by atoms with van der Waals surface area (Å²) in [6, 6.07) is 0. The van der Waals surface area contributed by atoms with Gasteiger partial charge in [0.1, 0.15) is 5.54 Å². The molecular weight excluding hydrogens is 166 g/mol. The lowest BCUT2D eigenvalue weighted by atomic mass is 9.85. The number of carbonyl (C=O) groups is 1. The van der Waals surface area contributed by atoms with Crippen molar-refractivity contribution in [3.8, 4) is 0 Å². The topological polar surface area (TPSA) is 40.5 Å². The highest BCUT2D eigenvalue weighted by Gasteiger charge is 2.53. The first-order valence-electron chi connectivity index (χ1n) is 3.74. The van der Waals surface area contributed by atoms with Crippen molar-refractivity contribution in [3.63, 3.8) is 0 Å². The summed E-state index contributed by atoms with van der Waals surface area (Å²) >= 11 is 0. The first kappa shape index (κ1) is 8.81. The van der Waals surface area contributed by atoms with E-state index in [4.69, 9.17) is 5.11 Å². The standard InChI is InChI=1S/C7H11NO2.ClH/c9-6(10)7-2-1-4-8(7)5-3-7;/h1-5H2,(H,9,10);1H. The van der Waals surface area contributed by atoms with Gasteiger partial charge in [-0.1, -0.05) is 0 Å². The molecule has 0 aromatic heterocycles. The minimum Gasteiger partial charge on any atom is -0.480 e. The van der Waals surface area contributed by atoms with Crippen molar-refractivity contribution in [2.24, 2.45) is 0 Å². The Kier molecular flexibility index (Phi) is 2.12. The number of halogens is 1. The first-order valence-corrected chi connectivity index (χ1v) is 3.74. The lowest BCUT2D eigenvalue weighted by Crippen LogP contribution is -2.60. The van der Waals surface area contributed by atoms with Crippen LogP contribution in [0.15, 0.2) is 0 Å².